The highest BCUT2D eigenvalue weighted by Crippen LogP contribution is 2.52. The van der Waals surface area contributed by atoms with E-state index in [2.05, 4.69) is 50.2 Å². The molecule has 1 heterocycles. The van der Waals surface area contributed by atoms with Gasteiger partial charge < -0.3 is 4.74 Å². The second-order valence-electron chi connectivity index (χ2n) is 5.67. The third-order valence-electron chi connectivity index (χ3n) is 4.37. The predicted molar refractivity (Wildman–Crippen MR) is 73.0 cm³/mol. The monoisotopic (exact) mass is 236 g/mol. The van der Waals surface area contributed by atoms with Gasteiger partial charge in [-0.25, -0.2) is 0 Å². The number of fused-ring (bicyclic) bond motifs is 5. The van der Waals surface area contributed by atoms with Crippen molar-refractivity contribution in [3.05, 3.63) is 58.7 Å². The van der Waals surface area contributed by atoms with Crippen molar-refractivity contribution in [1.29, 1.82) is 0 Å². The van der Waals surface area contributed by atoms with Crippen LogP contribution in [0.3, 0.4) is 0 Å². The van der Waals surface area contributed by atoms with Gasteiger partial charge in [0.1, 0.15) is 0 Å². The number of benzene rings is 2. The van der Waals surface area contributed by atoms with Crippen LogP contribution in [-0.2, 0) is 10.2 Å². The summed E-state index contributed by atoms with van der Waals surface area (Å²) >= 11 is 0. The third kappa shape index (κ3) is 1.10. The van der Waals surface area contributed by atoms with Gasteiger partial charge >= 0.3 is 0 Å². The fourth-order valence-electron chi connectivity index (χ4n) is 3.34. The van der Waals surface area contributed by atoms with Gasteiger partial charge in [0.05, 0.1) is 18.6 Å². The zero-order chi connectivity index (χ0) is 12.3. The molecule has 1 saturated heterocycles. The molecule has 0 radical (unpaired) electrons. The van der Waals surface area contributed by atoms with Gasteiger partial charge in [0.25, 0.3) is 0 Å². The lowest BCUT2D eigenvalue weighted by Gasteiger charge is -2.40. The number of ether oxygens (including phenoxy) is 1. The minimum absolute atomic E-state index is 0.142. The van der Waals surface area contributed by atoms with Gasteiger partial charge in [0, 0.05) is 0 Å². The molecule has 2 aromatic rings. The molecule has 90 valence electrons. The molecule has 1 nitrogen and oxygen atoms in total. The lowest BCUT2D eigenvalue weighted by molar-refractivity contribution is -0.0358. The molecule has 1 aliphatic carbocycles. The minimum Gasteiger partial charge on any atom is -0.379 e. The first-order valence-electron chi connectivity index (χ1n) is 6.51. The smallest absolute Gasteiger partial charge is 0.0681 e. The molecule has 4 rings (SSSR count). The molecule has 0 amide bonds. The Hall–Kier alpha value is -1.60. The predicted octanol–water partition coefficient (Wildman–Crippen LogP) is 3.60. The summed E-state index contributed by atoms with van der Waals surface area (Å²) in [6, 6.07) is 13.6. The van der Waals surface area contributed by atoms with Gasteiger partial charge in [-0.3, -0.25) is 0 Å². The summed E-state index contributed by atoms with van der Waals surface area (Å²) < 4.78 is 5.55. The van der Waals surface area contributed by atoms with Crippen LogP contribution in [0.25, 0.3) is 11.1 Å². The maximum absolute atomic E-state index is 5.55. The maximum Gasteiger partial charge on any atom is 0.0681 e. The quantitative estimate of drug-likeness (QED) is 0.679. The van der Waals surface area contributed by atoms with Crippen molar-refractivity contribution in [2.75, 3.05) is 13.2 Å². The highest BCUT2D eigenvalue weighted by atomic mass is 16.5. The second-order valence-corrected chi connectivity index (χ2v) is 5.67. The van der Waals surface area contributed by atoms with Gasteiger partial charge in [-0.2, -0.15) is 0 Å². The molecule has 1 fully saturated rings. The molecule has 1 aliphatic heterocycles. The topological polar surface area (TPSA) is 9.23 Å². The van der Waals surface area contributed by atoms with Crippen molar-refractivity contribution < 1.29 is 4.74 Å². The standard InChI is InChI=1S/C17H16O/c1-11-3-5-13-14-6-4-12(2)8-16(14)17(9-18-10-17)15(13)7-11/h3-8H,9-10H2,1-2H3. The van der Waals surface area contributed by atoms with E-state index in [1.54, 1.807) is 0 Å². The van der Waals surface area contributed by atoms with Gasteiger partial charge in [0.15, 0.2) is 0 Å². The average Bonchev–Trinajstić information content (AvgIpc) is 2.57. The number of hydrogen-bond acceptors (Lipinski definition) is 1. The van der Waals surface area contributed by atoms with E-state index in [0.717, 1.165) is 13.2 Å². The first-order valence-corrected chi connectivity index (χ1v) is 6.51. The Labute approximate surface area is 107 Å². The Kier molecular flexibility index (Phi) is 1.86. The van der Waals surface area contributed by atoms with Crippen LogP contribution in [0.2, 0.25) is 0 Å². The van der Waals surface area contributed by atoms with Crippen LogP contribution in [-0.4, -0.2) is 13.2 Å². The van der Waals surface area contributed by atoms with Crippen molar-refractivity contribution in [3.8, 4) is 11.1 Å². The molecule has 0 unspecified atom stereocenters. The first-order chi connectivity index (χ1) is 8.71. The second kappa shape index (κ2) is 3.24. The Bertz CT molecular complexity index is 597. The highest BCUT2D eigenvalue weighted by Gasteiger charge is 2.48. The molecule has 0 aromatic heterocycles. The van der Waals surface area contributed by atoms with Gasteiger partial charge in [-0.05, 0) is 36.1 Å². The molecule has 2 aliphatic rings. The summed E-state index contributed by atoms with van der Waals surface area (Å²) in [6.07, 6.45) is 0. The van der Waals surface area contributed by atoms with Crippen LogP contribution in [0.1, 0.15) is 22.3 Å². The van der Waals surface area contributed by atoms with Crippen LogP contribution in [0.15, 0.2) is 36.4 Å². The summed E-state index contributed by atoms with van der Waals surface area (Å²) in [5.74, 6) is 0. The van der Waals surface area contributed by atoms with Crippen molar-refractivity contribution >= 4 is 0 Å². The average molecular weight is 236 g/mol. The van der Waals surface area contributed by atoms with Crippen LogP contribution in [0, 0.1) is 13.8 Å². The van der Waals surface area contributed by atoms with Crippen molar-refractivity contribution in [2.45, 2.75) is 19.3 Å². The van der Waals surface area contributed by atoms with Crippen LogP contribution in [0.5, 0.6) is 0 Å². The zero-order valence-corrected chi connectivity index (χ0v) is 10.8. The molecule has 1 spiro atoms. The normalized spacial score (nSPS) is 18.3. The van der Waals surface area contributed by atoms with Crippen LogP contribution >= 0.6 is 0 Å². The maximum atomic E-state index is 5.55. The summed E-state index contributed by atoms with van der Waals surface area (Å²) in [6.45, 7) is 6.00. The summed E-state index contributed by atoms with van der Waals surface area (Å²) in [4.78, 5) is 0. The Morgan fingerprint density at radius 1 is 0.833 bits per heavy atom. The van der Waals surface area contributed by atoms with E-state index in [-0.39, 0.29) is 5.41 Å². The SMILES string of the molecule is Cc1ccc2c(c1)C1(COC1)c1cc(C)ccc1-2. The van der Waals surface area contributed by atoms with E-state index < -0.39 is 0 Å². The Morgan fingerprint density at radius 3 is 1.72 bits per heavy atom. The fourth-order valence-corrected chi connectivity index (χ4v) is 3.34. The minimum atomic E-state index is 0.142. The van der Waals surface area contributed by atoms with Crippen molar-refractivity contribution in [2.24, 2.45) is 0 Å². The third-order valence-corrected chi connectivity index (χ3v) is 4.37. The van der Waals surface area contributed by atoms with Gasteiger partial charge in [-0.15, -0.1) is 0 Å². The molecule has 2 aromatic carbocycles. The summed E-state index contributed by atoms with van der Waals surface area (Å²) in [5, 5.41) is 0. The molecular weight excluding hydrogens is 220 g/mol. The molecule has 0 bridgehead atoms. The Balaban J connectivity index is 2.07. The lowest BCUT2D eigenvalue weighted by atomic mass is 9.76. The number of aryl methyl sites for hydroxylation is 2. The van der Waals surface area contributed by atoms with Crippen molar-refractivity contribution in [1.82, 2.24) is 0 Å². The highest BCUT2D eigenvalue weighted by molar-refractivity contribution is 5.82. The largest absolute Gasteiger partial charge is 0.379 e. The van der Waals surface area contributed by atoms with Gasteiger partial charge in [-0.1, -0.05) is 47.5 Å². The molecule has 1 heteroatoms. The van der Waals surface area contributed by atoms with Crippen LogP contribution in [0.4, 0.5) is 0 Å². The van der Waals surface area contributed by atoms with Crippen LogP contribution < -0.4 is 0 Å². The fraction of sp³-hybridized carbons (Fsp3) is 0.294. The summed E-state index contributed by atoms with van der Waals surface area (Å²) in [7, 11) is 0. The van der Waals surface area contributed by atoms with E-state index in [1.807, 2.05) is 0 Å². The molecule has 0 saturated carbocycles. The number of hydrogen-bond donors (Lipinski definition) is 0. The number of rotatable bonds is 0. The molecule has 0 atom stereocenters. The molecule has 0 N–H and O–H groups in total. The van der Waals surface area contributed by atoms with E-state index in [4.69, 9.17) is 4.74 Å². The lowest BCUT2D eigenvalue weighted by Crippen LogP contribution is -2.46. The van der Waals surface area contributed by atoms with E-state index in [1.165, 1.54) is 33.4 Å². The first kappa shape index (κ1) is 10.3. The van der Waals surface area contributed by atoms with Gasteiger partial charge in [0.2, 0.25) is 0 Å². The van der Waals surface area contributed by atoms with E-state index in [0.29, 0.717) is 0 Å². The summed E-state index contributed by atoms with van der Waals surface area (Å²) in [5.41, 5.74) is 8.55. The zero-order valence-electron chi connectivity index (χ0n) is 10.8. The van der Waals surface area contributed by atoms with Crippen molar-refractivity contribution in [3.63, 3.8) is 0 Å². The molecular formula is C17H16O. The van der Waals surface area contributed by atoms with E-state index >= 15 is 0 Å². The Morgan fingerprint density at radius 2 is 1.33 bits per heavy atom. The van der Waals surface area contributed by atoms with E-state index in [9.17, 15) is 0 Å². The molecule has 18 heavy (non-hydrogen) atoms.